The Morgan fingerprint density at radius 1 is 0.828 bits per heavy atom. The molecule has 0 atom stereocenters. The van der Waals surface area contributed by atoms with Gasteiger partial charge in [-0.05, 0) is 49.6 Å². The number of hydrogen-bond donors (Lipinski definition) is 3. The van der Waals surface area contributed by atoms with Gasteiger partial charge in [0.05, 0.1) is 5.52 Å². The Labute approximate surface area is 177 Å². The number of anilines is 3. The average Bonchev–Trinajstić information content (AvgIpc) is 2.74. The van der Waals surface area contributed by atoms with Gasteiger partial charge in [0.15, 0.2) is 0 Å². The molecule has 0 spiro atoms. The Hall–Kier alpha value is -2.60. The third-order valence-electron chi connectivity index (χ3n) is 4.65. The van der Waals surface area contributed by atoms with E-state index in [1.54, 1.807) is 6.20 Å². The molecule has 3 rings (SSSR count). The van der Waals surface area contributed by atoms with Crippen molar-refractivity contribution in [2.75, 3.05) is 35.6 Å². The molecule has 0 aliphatic heterocycles. The fraction of sp³-hybridized carbons (Fsp3) is 0.409. The molecule has 0 bridgehead atoms. The summed E-state index contributed by atoms with van der Waals surface area (Å²) >= 11 is 6.05. The van der Waals surface area contributed by atoms with Crippen LogP contribution in [0.3, 0.4) is 0 Å². The molecule has 0 fully saturated rings. The first-order valence-electron chi connectivity index (χ1n) is 10.3. The molecule has 3 N–H and O–H groups in total. The normalized spacial score (nSPS) is 10.8. The summed E-state index contributed by atoms with van der Waals surface area (Å²) in [5.74, 6) is 1.56. The molecule has 2 aromatic heterocycles. The van der Waals surface area contributed by atoms with Crippen LogP contribution in [0.1, 0.15) is 39.0 Å². The van der Waals surface area contributed by atoms with E-state index in [4.69, 9.17) is 11.6 Å². The number of unbranched alkanes of at least 4 members (excludes halogenated alkanes) is 3. The molecule has 0 saturated heterocycles. The van der Waals surface area contributed by atoms with Crippen molar-refractivity contribution in [3.05, 3.63) is 47.7 Å². The van der Waals surface area contributed by atoms with Crippen LogP contribution in [0.2, 0.25) is 5.02 Å². The number of rotatable bonds is 12. The van der Waals surface area contributed by atoms with E-state index in [-0.39, 0.29) is 0 Å². The van der Waals surface area contributed by atoms with Crippen LogP contribution in [0.15, 0.2) is 42.7 Å². The lowest BCUT2D eigenvalue weighted by Crippen LogP contribution is -2.10. The number of nitrogens with zero attached hydrogens (tertiary/aromatic N) is 3. The molecule has 2 heterocycles. The minimum Gasteiger partial charge on any atom is -0.384 e. The van der Waals surface area contributed by atoms with Crippen LogP contribution in [0.5, 0.6) is 0 Å². The zero-order valence-corrected chi connectivity index (χ0v) is 17.7. The van der Waals surface area contributed by atoms with Crippen LogP contribution in [0, 0.1) is 0 Å². The third-order valence-corrected chi connectivity index (χ3v) is 4.88. The molecule has 1 aromatic carbocycles. The van der Waals surface area contributed by atoms with Gasteiger partial charge in [-0.1, -0.05) is 31.4 Å². The van der Waals surface area contributed by atoms with Crippen molar-refractivity contribution < 1.29 is 0 Å². The lowest BCUT2D eigenvalue weighted by molar-refractivity contribution is 0.740. The second-order valence-corrected chi connectivity index (χ2v) is 7.42. The third kappa shape index (κ3) is 6.75. The van der Waals surface area contributed by atoms with Gasteiger partial charge in [-0.25, -0.2) is 4.98 Å². The maximum Gasteiger partial charge on any atom is 0.224 e. The van der Waals surface area contributed by atoms with E-state index < -0.39 is 0 Å². The predicted octanol–water partition coefficient (Wildman–Crippen LogP) is 5.58. The Balaban J connectivity index is 1.37. The summed E-state index contributed by atoms with van der Waals surface area (Å²) in [4.78, 5) is 13.2. The first-order valence-corrected chi connectivity index (χ1v) is 10.7. The summed E-state index contributed by atoms with van der Waals surface area (Å²) in [6.45, 7) is 4.89. The van der Waals surface area contributed by atoms with Crippen molar-refractivity contribution in [1.82, 2.24) is 15.0 Å². The highest BCUT2D eigenvalue weighted by atomic mass is 35.5. The zero-order chi connectivity index (χ0) is 20.3. The van der Waals surface area contributed by atoms with Crippen LogP contribution in [0.4, 0.5) is 17.5 Å². The van der Waals surface area contributed by atoms with Gasteiger partial charge in [-0.2, -0.15) is 4.98 Å². The van der Waals surface area contributed by atoms with E-state index >= 15 is 0 Å². The molecule has 0 saturated carbocycles. The molecule has 0 radical (unpaired) electrons. The van der Waals surface area contributed by atoms with Crippen molar-refractivity contribution in [1.29, 1.82) is 0 Å². The van der Waals surface area contributed by atoms with Crippen LogP contribution in [-0.2, 0) is 0 Å². The smallest absolute Gasteiger partial charge is 0.224 e. The number of benzene rings is 1. The molecular weight excluding hydrogens is 384 g/mol. The Bertz CT molecular complexity index is 901. The molecule has 6 nitrogen and oxygen atoms in total. The summed E-state index contributed by atoms with van der Waals surface area (Å²) in [5.41, 5.74) is 2.00. The summed E-state index contributed by atoms with van der Waals surface area (Å²) in [7, 11) is 0. The second kappa shape index (κ2) is 11.4. The summed E-state index contributed by atoms with van der Waals surface area (Å²) < 4.78 is 0. The summed E-state index contributed by atoms with van der Waals surface area (Å²) in [5, 5.41) is 12.0. The minimum atomic E-state index is 0.692. The standard InChI is InChI=1S/C22H29ClN6/c1-2-3-4-13-27-22-28-15-10-21(29-22)26-12-6-5-11-24-19-9-14-25-20-16-17(23)7-8-18(19)20/h7-10,14-16H,2-6,11-13H2,1H3,(H,24,25)(H2,26,27,28,29). The van der Waals surface area contributed by atoms with E-state index in [0.717, 1.165) is 61.3 Å². The first-order chi connectivity index (χ1) is 14.3. The van der Waals surface area contributed by atoms with Gasteiger partial charge in [0, 0.05) is 48.1 Å². The van der Waals surface area contributed by atoms with Gasteiger partial charge in [0.1, 0.15) is 5.82 Å². The van der Waals surface area contributed by atoms with Crippen LogP contribution < -0.4 is 16.0 Å². The topological polar surface area (TPSA) is 74.8 Å². The van der Waals surface area contributed by atoms with Crippen molar-refractivity contribution in [3.8, 4) is 0 Å². The number of pyridine rings is 1. The van der Waals surface area contributed by atoms with Gasteiger partial charge in [-0.3, -0.25) is 4.98 Å². The Kier molecular flexibility index (Phi) is 8.31. The largest absolute Gasteiger partial charge is 0.384 e. The summed E-state index contributed by atoms with van der Waals surface area (Å²) in [6.07, 6.45) is 9.28. The average molecular weight is 413 g/mol. The summed E-state index contributed by atoms with van der Waals surface area (Å²) in [6, 6.07) is 9.71. The molecule has 29 heavy (non-hydrogen) atoms. The molecule has 0 amide bonds. The maximum absolute atomic E-state index is 6.05. The minimum absolute atomic E-state index is 0.692. The number of hydrogen-bond acceptors (Lipinski definition) is 6. The lowest BCUT2D eigenvalue weighted by Gasteiger charge is -2.10. The van der Waals surface area contributed by atoms with E-state index in [1.165, 1.54) is 12.8 Å². The fourth-order valence-corrected chi connectivity index (χ4v) is 3.25. The quantitative estimate of drug-likeness (QED) is 0.337. The first kappa shape index (κ1) is 21.1. The van der Waals surface area contributed by atoms with E-state index in [9.17, 15) is 0 Å². The Morgan fingerprint density at radius 2 is 1.59 bits per heavy atom. The van der Waals surface area contributed by atoms with Gasteiger partial charge in [0.2, 0.25) is 5.95 Å². The van der Waals surface area contributed by atoms with Crippen molar-refractivity contribution >= 4 is 40.0 Å². The lowest BCUT2D eigenvalue weighted by atomic mass is 10.2. The van der Waals surface area contributed by atoms with Crippen LogP contribution in [0.25, 0.3) is 10.9 Å². The van der Waals surface area contributed by atoms with Gasteiger partial charge in [-0.15, -0.1) is 0 Å². The molecule has 0 unspecified atom stereocenters. The van der Waals surface area contributed by atoms with Crippen LogP contribution in [-0.4, -0.2) is 34.6 Å². The number of aromatic nitrogens is 3. The van der Waals surface area contributed by atoms with Crippen molar-refractivity contribution in [3.63, 3.8) is 0 Å². The van der Waals surface area contributed by atoms with Crippen LogP contribution >= 0.6 is 11.6 Å². The molecule has 3 aromatic rings. The highest BCUT2D eigenvalue weighted by molar-refractivity contribution is 6.31. The van der Waals surface area contributed by atoms with Crippen molar-refractivity contribution in [2.45, 2.75) is 39.0 Å². The number of halogens is 1. The van der Waals surface area contributed by atoms with Gasteiger partial charge in [0.25, 0.3) is 0 Å². The highest BCUT2D eigenvalue weighted by Gasteiger charge is 2.02. The predicted molar refractivity (Wildman–Crippen MR) is 123 cm³/mol. The maximum atomic E-state index is 6.05. The number of nitrogens with one attached hydrogen (secondary N) is 3. The van der Waals surface area contributed by atoms with Crippen molar-refractivity contribution in [2.24, 2.45) is 0 Å². The zero-order valence-electron chi connectivity index (χ0n) is 16.9. The van der Waals surface area contributed by atoms with Gasteiger partial charge < -0.3 is 16.0 Å². The van der Waals surface area contributed by atoms with Gasteiger partial charge >= 0.3 is 0 Å². The molecule has 154 valence electrons. The second-order valence-electron chi connectivity index (χ2n) is 6.98. The molecular formula is C22H29ClN6. The SMILES string of the molecule is CCCCCNc1nccc(NCCCCNc2ccnc3cc(Cl)ccc23)n1. The number of fused-ring (bicyclic) bond motifs is 1. The molecule has 7 heteroatoms. The fourth-order valence-electron chi connectivity index (χ4n) is 3.08. The highest BCUT2D eigenvalue weighted by Crippen LogP contribution is 2.24. The van der Waals surface area contributed by atoms with E-state index in [0.29, 0.717) is 11.0 Å². The Morgan fingerprint density at radius 3 is 2.45 bits per heavy atom. The van der Waals surface area contributed by atoms with E-state index in [2.05, 4.69) is 37.8 Å². The van der Waals surface area contributed by atoms with E-state index in [1.807, 2.05) is 36.5 Å². The molecule has 0 aliphatic carbocycles. The molecule has 0 aliphatic rings. The monoisotopic (exact) mass is 412 g/mol.